The minimum atomic E-state index is -0.241. The van der Waals surface area contributed by atoms with E-state index in [4.69, 9.17) is 17.3 Å². The van der Waals surface area contributed by atoms with Gasteiger partial charge in [-0.1, -0.05) is 43.6 Å². The lowest BCUT2D eigenvalue weighted by atomic mass is 9.92. The molecule has 0 radical (unpaired) electrons. The lowest BCUT2D eigenvalue weighted by molar-refractivity contribution is -0.117. The zero-order chi connectivity index (χ0) is 21.0. The van der Waals surface area contributed by atoms with Crippen LogP contribution < -0.4 is 11.1 Å². The Morgan fingerprint density at radius 3 is 2.48 bits per heavy atom. The molecule has 2 aromatic carbocycles. The topological polar surface area (TPSA) is 75.4 Å². The molecule has 1 fully saturated rings. The molecule has 2 amide bonds. The first kappa shape index (κ1) is 21.3. The van der Waals surface area contributed by atoms with Crippen LogP contribution in [0.1, 0.15) is 42.6 Å². The number of amides is 2. The number of halogens is 1. The van der Waals surface area contributed by atoms with Crippen LogP contribution >= 0.6 is 11.6 Å². The van der Waals surface area contributed by atoms with E-state index in [1.807, 2.05) is 38.1 Å². The van der Waals surface area contributed by atoms with Gasteiger partial charge in [0.25, 0.3) is 5.91 Å². The van der Waals surface area contributed by atoms with Crippen molar-refractivity contribution in [2.75, 3.05) is 18.4 Å². The molecular formula is C23H28ClN3O2. The van der Waals surface area contributed by atoms with Gasteiger partial charge in [-0.25, -0.2) is 0 Å². The number of carbonyl (C=O) groups excluding carboxylic acids is 2. The quantitative estimate of drug-likeness (QED) is 0.676. The van der Waals surface area contributed by atoms with Crippen molar-refractivity contribution in [1.82, 2.24) is 4.90 Å². The number of rotatable bonds is 8. The highest BCUT2D eigenvalue weighted by atomic mass is 35.5. The summed E-state index contributed by atoms with van der Waals surface area (Å²) in [5, 5.41) is 3.50. The maximum atomic E-state index is 13.2. The number of carbonyl (C=O) groups is 2. The Balaban J connectivity index is 1.84. The van der Waals surface area contributed by atoms with Crippen molar-refractivity contribution < 1.29 is 9.59 Å². The number of hydrogen-bond acceptors (Lipinski definition) is 3. The standard InChI is InChI=1S/C23H28ClN3O2/c1-23(2,14-25)15-27(22(29)17-6-4-3-5-7-17)13-18-12-19(10-11-20(18)24)26-21(28)16-8-9-16/h3-7,10-12,16H,8-9,13-15,25H2,1-2H3,(H,26,28). The van der Waals surface area contributed by atoms with E-state index in [1.54, 1.807) is 29.2 Å². The lowest BCUT2D eigenvalue weighted by Crippen LogP contribution is -2.41. The summed E-state index contributed by atoms with van der Waals surface area (Å²) in [6.07, 6.45) is 1.89. The Morgan fingerprint density at radius 1 is 1.17 bits per heavy atom. The molecule has 0 aliphatic heterocycles. The monoisotopic (exact) mass is 413 g/mol. The normalized spacial score (nSPS) is 13.8. The molecule has 0 unspecified atom stereocenters. The van der Waals surface area contributed by atoms with E-state index < -0.39 is 0 Å². The highest BCUT2D eigenvalue weighted by Crippen LogP contribution is 2.31. The van der Waals surface area contributed by atoms with Gasteiger partial charge in [0.15, 0.2) is 0 Å². The van der Waals surface area contributed by atoms with Crippen molar-refractivity contribution in [3.8, 4) is 0 Å². The van der Waals surface area contributed by atoms with Crippen molar-refractivity contribution >= 4 is 29.1 Å². The summed E-state index contributed by atoms with van der Waals surface area (Å²) < 4.78 is 0. The number of nitrogens with two attached hydrogens (primary N) is 1. The van der Waals surface area contributed by atoms with Crippen molar-refractivity contribution in [3.05, 3.63) is 64.7 Å². The average molecular weight is 414 g/mol. The van der Waals surface area contributed by atoms with Crippen LogP contribution in [0.5, 0.6) is 0 Å². The molecule has 1 aliphatic rings. The van der Waals surface area contributed by atoms with Crippen molar-refractivity contribution in [3.63, 3.8) is 0 Å². The minimum Gasteiger partial charge on any atom is -0.334 e. The first-order chi connectivity index (χ1) is 13.8. The fraction of sp³-hybridized carbons (Fsp3) is 0.391. The van der Waals surface area contributed by atoms with Gasteiger partial charge in [-0.05, 0) is 60.7 Å². The Bertz CT molecular complexity index is 879. The molecule has 2 aromatic rings. The summed E-state index contributed by atoms with van der Waals surface area (Å²) >= 11 is 6.43. The van der Waals surface area contributed by atoms with E-state index in [1.165, 1.54) is 0 Å². The molecule has 1 aliphatic carbocycles. The zero-order valence-corrected chi connectivity index (χ0v) is 17.7. The SMILES string of the molecule is CC(C)(CN)CN(Cc1cc(NC(=O)C2CC2)ccc1Cl)C(=O)c1ccccc1. The van der Waals surface area contributed by atoms with Gasteiger partial charge in [0.1, 0.15) is 0 Å². The third-order valence-corrected chi connectivity index (χ3v) is 5.47. The van der Waals surface area contributed by atoms with Crippen molar-refractivity contribution in [1.29, 1.82) is 0 Å². The van der Waals surface area contributed by atoms with Crippen LogP contribution in [0.15, 0.2) is 48.5 Å². The second-order valence-corrected chi connectivity index (χ2v) is 8.87. The third kappa shape index (κ3) is 5.81. The molecule has 1 saturated carbocycles. The molecule has 6 heteroatoms. The molecule has 0 saturated heterocycles. The largest absolute Gasteiger partial charge is 0.334 e. The van der Waals surface area contributed by atoms with Gasteiger partial charge in [-0.15, -0.1) is 0 Å². The lowest BCUT2D eigenvalue weighted by Gasteiger charge is -2.32. The van der Waals surface area contributed by atoms with Crippen molar-refractivity contribution in [2.24, 2.45) is 17.1 Å². The van der Waals surface area contributed by atoms with Crippen LogP contribution in [0.4, 0.5) is 5.69 Å². The molecule has 0 bridgehead atoms. The maximum Gasteiger partial charge on any atom is 0.254 e. The first-order valence-electron chi connectivity index (χ1n) is 9.93. The summed E-state index contributed by atoms with van der Waals surface area (Å²) in [6, 6.07) is 14.6. The Kier molecular flexibility index (Phi) is 6.60. The van der Waals surface area contributed by atoms with E-state index in [0.717, 1.165) is 18.4 Å². The summed E-state index contributed by atoms with van der Waals surface area (Å²) in [5.41, 5.74) is 7.79. The smallest absolute Gasteiger partial charge is 0.254 e. The van der Waals surface area contributed by atoms with E-state index >= 15 is 0 Å². The van der Waals surface area contributed by atoms with Gasteiger partial charge in [0.05, 0.1) is 0 Å². The second-order valence-electron chi connectivity index (χ2n) is 8.47. The molecule has 29 heavy (non-hydrogen) atoms. The summed E-state index contributed by atoms with van der Waals surface area (Å²) in [4.78, 5) is 27.1. The van der Waals surface area contributed by atoms with Gasteiger partial charge in [0.2, 0.25) is 5.91 Å². The fourth-order valence-electron chi connectivity index (χ4n) is 3.11. The van der Waals surface area contributed by atoms with Crippen LogP contribution in [-0.4, -0.2) is 29.8 Å². The number of hydrogen-bond donors (Lipinski definition) is 2. The Morgan fingerprint density at radius 2 is 1.86 bits per heavy atom. The number of nitrogens with zero attached hydrogens (tertiary/aromatic N) is 1. The molecule has 0 aromatic heterocycles. The van der Waals surface area contributed by atoms with E-state index in [9.17, 15) is 9.59 Å². The van der Waals surface area contributed by atoms with Gasteiger partial charge in [-0.3, -0.25) is 9.59 Å². The molecule has 0 heterocycles. The van der Waals surface area contributed by atoms with Crippen LogP contribution in [0.3, 0.4) is 0 Å². The summed E-state index contributed by atoms with van der Waals surface area (Å²) in [7, 11) is 0. The summed E-state index contributed by atoms with van der Waals surface area (Å²) in [6.45, 7) is 5.35. The predicted octanol–water partition coefficient (Wildman–Crippen LogP) is 4.32. The van der Waals surface area contributed by atoms with E-state index in [0.29, 0.717) is 35.9 Å². The van der Waals surface area contributed by atoms with E-state index in [-0.39, 0.29) is 23.1 Å². The predicted molar refractivity (Wildman–Crippen MR) is 117 cm³/mol. The fourth-order valence-corrected chi connectivity index (χ4v) is 3.29. The second kappa shape index (κ2) is 8.97. The maximum absolute atomic E-state index is 13.2. The molecule has 5 nitrogen and oxygen atoms in total. The molecule has 154 valence electrons. The third-order valence-electron chi connectivity index (χ3n) is 5.10. The van der Waals surface area contributed by atoms with Gasteiger partial charge in [-0.2, -0.15) is 0 Å². The van der Waals surface area contributed by atoms with Crippen LogP contribution in [0.2, 0.25) is 5.02 Å². The number of benzene rings is 2. The molecule has 0 spiro atoms. The highest BCUT2D eigenvalue weighted by molar-refractivity contribution is 6.31. The van der Waals surface area contributed by atoms with Crippen LogP contribution in [0.25, 0.3) is 0 Å². The first-order valence-corrected chi connectivity index (χ1v) is 10.3. The average Bonchev–Trinajstić information content (AvgIpc) is 3.55. The molecule has 3 rings (SSSR count). The molecule has 0 atom stereocenters. The van der Waals surface area contributed by atoms with Crippen LogP contribution in [-0.2, 0) is 11.3 Å². The van der Waals surface area contributed by atoms with Crippen LogP contribution in [0, 0.1) is 11.3 Å². The van der Waals surface area contributed by atoms with Gasteiger partial charge in [0, 0.05) is 35.3 Å². The van der Waals surface area contributed by atoms with Gasteiger partial charge < -0.3 is 16.0 Å². The number of anilines is 1. The minimum absolute atomic E-state index is 0.0414. The zero-order valence-electron chi connectivity index (χ0n) is 17.0. The van der Waals surface area contributed by atoms with Crippen molar-refractivity contribution in [2.45, 2.75) is 33.2 Å². The Hall–Kier alpha value is -2.37. The summed E-state index contributed by atoms with van der Waals surface area (Å²) in [5.74, 6) is 0.0889. The Labute approximate surface area is 177 Å². The van der Waals surface area contributed by atoms with Gasteiger partial charge >= 0.3 is 0 Å². The number of nitrogens with one attached hydrogen (secondary N) is 1. The highest BCUT2D eigenvalue weighted by Gasteiger charge is 2.30. The molecular weight excluding hydrogens is 386 g/mol. The molecule has 3 N–H and O–H groups in total. The van der Waals surface area contributed by atoms with E-state index in [2.05, 4.69) is 5.32 Å².